The lowest BCUT2D eigenvalue weighted by atomic mass is 9.92. The summed E-state index contributed by atoms with van der Waals surface area (Å²) >= 11 is 8.42. The second-order valence-electron chi connectivity index (χ2n) is 5.47. The number of rotatable bonds is 1. The zero-order valence-corrected chi connectivity index (χ0v) is 14.2. The summed E-state index contributed by atoms with van der Waals surface area (Å²) in [6.07, 6.45) is 1.76. The monoisotopic (exact) mass is 387 g/mol. The van der Waals surface area contributed by atoms with Crippen molar-refractivity contribution in [1.82, 2.24) is 15.0 Å². The molecule has 0 saturated heterocycles. The fourth-order valence-corrected chi connectivity index (χ4v) is 2.91. The van der Waals surface area contributed by atoms with Crippen molar-refractivity contribution in [1.29, 1.82) is 0 Å². The molecule has 2 rings (SSSR count). The van der Waals surface area contributed by atoms with Crippen LogP contribution in [0.25, 0.3) is 11.5 Å². The SMILES string of the molecule is Cc1ccnc(-c2nc(Cl)c(I)c(C(C)(C)C)n2)c1. The summed E-state index contributed by atoms with van der Waals surface area (Å²) in [4.78, 5) is 13.3. The van der Waals surface area contributed by atoms with Gasteiger partial charge in [-0.3, -0.25) is 4.98 Å². The highest BCUT2D eigenvalue weighted by Gasteiger charge is 2.23. The van der Waals surface area contributed by atoms with E-state index in [-0.39, 0.29) is 5.41 Å². The molecule has 2 heterocycles. The number of halogens is 2. The Bertz CT molecular complexity index is 621. The van der Waals surface area contributed by atoms with Crippen LogP contribution in [0.15, 0.2) is 18.3 Å². The Balaban J connectivity index is 2.63. The van der Waals surface area contributed by atoms with Crippen LogP contribution in [-0.2, 0) is 5.41 Å². The van der Waals surface area contributed by atoms with Crippen molar-refractivity contribution in [2.24, 2.45) is 0 Å². The van der Waals surface area contributed by atoms with Gasteiger partial charge in [-0.1, -0.05) is 32.4 Å². The Morgan fingerprint density at radius 2 is 1.89 bits per heavy atom. The van der Waals surface area contributed by atoms with Crippen LogP contribution in [0.1, 0.15) is 32.0 Å². The van der Waals surface area contributed by atoms with E-state index in [2.05, 4.69) is 58.3 Å². The van der Waals surface area contributed by atoms with Gasteiger partial charge in [0.05, 0.1) is 9.26 Å². The van der Waals surface area contributed by atoms with Crippen molar-refractivity contribution in [2.45, 2.75) is 33.1 Å². The molecular formula is C14H15ClIN3. The second-order valence-corrected chi connectivity index (χ2v) is 6.91. The fraction of sp³-hybridized carbons (Fsp3) is 0.357. The number of hydrogen-bond acceptors (Lipinski definition) is 3. The largest absolute Gasteiger partial charge is 0.253 e. The maximum absolute atomic E-state index is 6.23. The van der Waals surface area contributed by atoms with Crippen molar-refractivity contribution in [2.75, 3.05) is 0 Å². The Hall–Kier alpha value is -0.750. The average molecular weight is 388 g/mol. The van der Waals surface area contributed by atoms with Crippen LogP contribution in [0.5, 0.6) is 0 Å². The van der Waals surface area contributed by atoms with Crippen LogP contribution in [0.3, 0.4) is 0 Å². The third-order valence-electron chi connectivity index (χ3n) is 2.67. The molecule has 0 aromatic carbocycles. The highest BCUT2D eigenvalue weighted by Crippen LogP contribution is 2.31. The van der Waals surface area contributed by atoms with Crippen LogP contribution in [0, 0.1) is 10.5 Å². The van der Waals surface area contributed by atoms with Gasteiger partial charge in [-0.2, -0.15) is 0 Å². The minimum Gasteiger partial charge on any atom is -0.253 e. The second kappa shape index (κ2) is 5.32. The van der Waals surface area contributed by atoms with Gasteiger partial charge in [0.25, 0.3) is 0 Å². The van der Waals surface area contributed by atoms with Crippen molar-refractivity contribution in [3.63, 3.8) is 0 Å². The molecule has 0 fully saturated rings. The standard InChI is InChI=1S/C14H15ClIN3/c1-8-5-6-17-9(7-8)13-18-11(14(2,3)4)10(16)12(15)19-13/h5-7H,1-4H3. The van der Waals surface area contributed by atoms with Gasteiger partial charge < -0.3 is 0 Å². The quantitative estimate of drug-likeness (QED) is 0.538. The average Bonchev–Trinajstić information content (AvgIpc) is 2.31. The molecule has 0 amide bonds. The first-order chi connectivity index (χ1) is 8.79. The summed E-state index contributed by atoms with van der Waals surface area (Å²) in [6.45, 7) is 8.36. The first-order valence-electron chi connectivity index (χ1n) is 5.95. The molecule has 0 radical (unpaired) electrons. The molecule has 0 aliphatic heterocycles. The number of nitrogens with zero attached hydrogens (tertiary/aromatic N) is 3. The molecule has 100 valence electrons. The van der Waals surface area contributed by atoms with Crippen LogP contribution >= 0.6 is 34.2 Å². The molecule has 0 unspecified atom stereocenters. The molecule has 0 saturated carbocycles. The third-order valence-corrected chi connectivity index (χ3v) is 4.28. The zero-order valence-electron chi connectivity index (χ0n) is 11.3. The summed E-state index contributed by atoms with van der Waals surface area (Å²) in [5.41, 5.74) is 2.75. The highest BCUT2D eigenvalue weighted by atomic mass is 127. The minimum absolute atomic E-state index is 0.0817. The van der Waals surface area contributed by atoms with E-state index in [0.717, 1.165) is 20.5 Å². The topological polar surface area (TPSA) is 38.7 Å². The van der Waals surface area contributed by atoms with Gasteiger partial charge in [-0.15, -0.1) is 0 Å². The Labute approximate surface area is 132 Å². The van der Waals surface area contributed by atoms with Crippen LogP contribution < -0.4 is 0 Å². The van der Waals surface area contributed by atoms with Gasteiger partial charge in [-0.05, 0) is 47.2 Å². The van der Waals surface area contributed by atoms with Gasteiger partial charge in [-0.25, -0.2) is 9.97 Å². The first kappa shape index (κ1) is 14.7. The Kier molecular flexibility index (Phi) is 4.11. The zero-order chi connectivity index (χ0) is 14.2. The Morgan fingerprint density at radius 3 is 2.47 bits per heavy atom. The van der Waals surface area contributed by atoms with E-state index in [1.54, 1.807) is 6.20 Å². The molecule has 5 heteroatoms. The minimum atomic E-state index is -0.0817. The van der Waals surface area contributed by atoms with E-state index in [9.17, 15) is 0 Å². The lowest BCUT2D eigenvalue weighted by molar-refractivity contribution is 0.563. The van der Waals surface area contributed by atoms with Gasteiger partial charge in [0.2, 0.25) is 0 Å². The molecule has 2 aromatic rings. The number of aromatic nitrogens is 3. The summed E-state index contributed by atoms with van der Waals surface area (Å²) in [7, 11) is 0. The van der Waals surface area contributed by atoms with Crippen molar-refractivity contribution in [3.05, 3.63) is 38.3 Å². The van der Waals surface area contributed by atoms with E-state index in [4.69, 9.17) is 11.6 Å². The van der Waals surface area contributed by atoms with E-state index in [0.29, 0.717) is 11.0 Å². The molecule has 3 nitrogen and oxygen atoms in total. The van der Waals surface area contributed by atoms with E-state index < -0.39 is 0 Å². The molecule has 0 aliphatic rings. The van der Waals surface area contributed by atoms with E-state index >= 15 is 0 Å². The first-order valence-corrected chi connectivity index (χ1v) is 7.41. The molecular weight excluding hydrogens is 373 g/mol. The lowest BCUT2D eigenvalue weighted by Crippen LogP contribution is -2.17. The van der Waals surface area contributed by atoms with Crippen LogP contribution in [0.2, 0.25) is 5.15 Å². The van der Waals surface area contributed by atoms with Gasteiger partial charge in [0, 0.05) is 11.6 Å². The maximum Gasteiger partial charge on any atom is 0.179 e. The van der Waals surface area contributed by atoms with E-state index in [1.165, 1.54) is 0 Å². The number of pyridine rings is 1. The van der Waals surface area contributed by atoms with Gasteiger partial charge >= 0.3 is 0 Å². The normalized spacial score (nSPS) is 11.7. The fourth-order valence-electron chi connectivity index (χ4n) is 1.69. The van der Waals surface area contributed by atoms with Crippen molar-refractivity contribution >= 4 is 34.2 Å². The molecule has 0 aliphatic carbocycles. The van der Waals surface area contributed by atoms with Gasteiger partial charge in [0.15, 0.2) is 5.82 Å². The summed E-state index contributed by atoms with van der Waals surface area (Å²) < 4.78 is 0.906. The predicted octanol–water partition coefficient (Wildman–Crippen LogP) is 4.40. The summed E-state index contributed by atoms with van der Waals surface area (Å²) in [5, 5.41) is 0.485. The highest BCUT2D eigenvalue weighted by molar-refractivity contribution is 14.1. The number of aryl methyl sites for hydroxylation is 1. The summed E-state index contributed by atoms with van der Waals surface area (Å²) in [5.74, 6) is 0.582. The van der Waals surface area contributed by atoms with Gasteiger partial charge in [0.1, 0.15) is 10.8 Å². The maximum atomic E-state index is 6.23. The third kappa shape index (κ3) is 3.23. The predicted molar refractivity (Wildman–Crippen MR) is 86.4 cm³/mol. The van der Waals surface area contributed by atoms with Crippen LogP contribution in [-0.4, -0.2) is 15.0 Å². The molecule has 0 spiro atoms. The molecule has 2 aromatic heterocycles. The molecule has 0 bridgehead atoms. The molecule has 19 heavy (non-hydrogen) atoms. The lowest BCUT2D eigenvalue weighted by Gasteiger charge is -2.20. The summed E-state index contributed by atoms with van der Waals surface area (Å²) in [6, 6.07) is 3.91. The Morgan fingerprint density at radius 1 is 1.21 bits per heavy atom. The molecule has 0 N–H and O–H groups in total. The van der Waals surface area contributed by atoms with Crippen molar-refractivity contribution in [3.8, 4) is 11.5 Å². The smallest absolute Gasteiger partial charge is 0.179 e. The van der Waals surface area contributed by atoms with Crippen molar-refractivity contribution < 1.29 is 0 Å². The van der Waals surface area contributed by atoms with E-state index in [1.807, 2.05) is 19.1 Å². The molecule has 0 atom stereocenters. The number of hydrogen-bond donors (Lipinski definition) is 0. The van der Waals surface area contributed by atoms with Crippen LogP contribution in [0.4, 0.5) is 0 Å².